The fourth-order valence-electron chi connectivity index (χ4n) is 4.11. The Kier molecular flexibility index (Phi) is 4.69. The van der Waals surface area contributed by atoms with Crippen molar-refractivity contribution in [1.29, 1.82) is 0 Å². The van der Waals surface area contributed by atoms with Crippen molar-refractivity contribution in [2.45, 2.75) is 33.6 Å². The molecule has 0 bridgehead atoms. The van der Waals surface area contributed by atoms with E-state index in [4.69, 9.17) is 4.98 Å². The molecule has 4 rings (SSSR count). The van der Waals surface area contributed by atoms with Crippen LogP contribution in [-0.2, 0) is 0 Å². The molecule has 1 saturated heterocycles. The van der Waals surface area contributed by atoms with Crippen LogP contribution in [0.4, 0.5) is 0 Å². The summed E-state index contributed by atoms with van der Waals surface area (Å²) >= 11 is 0. The van der Waals surface area contributed by atoms with Gasteiger partial charge in [-0.3, -0.25) is 4.79 Å². The van der Waals surface area contributed by atoms with Crippen LogP contribution in [0.1, 0.15) is 41.3 Å². The zero-order chi connectivity index (χ0) is 19.0. The molecule has 0 radical (unpaired) electrons. The van der Waals surface area contributed by atoms with Gasteiger partial charge in [0.05, 0.1) is 16.8 Å². The van der Waals surface area contributed by atoms with Crippen molar-refractivity contribution in [2.75, 3.05) is 13.1 Å². The molecule has 27 heavy (non-hydrogen) atoms. The van der Waals surface area contributed by atoms with Crippen LogP contribution in [-0.4, -0.2) is 28.9 Å². The molecule has 1 aliphatic rings. The van der Waals surface area contributed by atoms with Crippen LogP contribution in [0.25, 0.3) is 22.2 Å². The van der Waals surface area contributed by atoms with Gasteiger partial charge in [-0.15, -0.1) is 0 Å². The summed E-state index contributed by atoms with van der Waals surface area (Å²) in [5.41, 5.74) is 5.85. The molecule has 1 amide bonds. The van der Waals surface area contributed by atoms with E-state index >= 15 is 0 Å². The molecule has 1 atom stereocenters. The Morgan fingerprint density at radius 1 is 1.07 bits per heavy atom. The number of benzene rings is 2. The van der Waals surface area contributed by atoms with Crippen LogP contribution in [0.3, 0.4) is 0 Å². The van der Waals surface area contributed by atoms with Crippen molar-refractivity contribution in [2.24, 2.45) is 5.92 Å². The summed E-state index contributed by atoms with van der Waals surface area (Å²) < 4.78 is 0. The Morgan fingerprint density at radius 3 is 2.56 bits per heavy atom. The lowest BCUT2D eigenvalue weighted by molar-refractivity contribution is 0.0684. The van der Waals surface area contributed by atoms with Gasteiger partial charge in [0.15, 0.2) is 0 Å². The van der Waals surface area contributed by atoms with Gasteiger partial charge in [-0.25, -0.2) is 4.98 Å². The molecule has 0 aliphatic carbocycles. The van der Waals surface area contributed by atoms with Crippen molar-refractivity contribution < 1.29 is 4.79 Å². The number of carbonyl (C=O) groups is 1. The summed E-state index contributed by atoms with van der Waals surface area (Å²) in [5, 5.41) is 0.953. The van der Waals surface area contributed by atoms with Crippen LogP contribution in [0, 0.1) is 19.8 Å². The van der Waals surface area contributed by atoms with Crippen LogP contribution in [0.2, 0.25) is 0 Å². The van der Waals surface area contributed by atoms with Crippen molar-refractivity contribution in [3.05, 3.63) is 65.2 Å². The molecule has 0 saturated carbocycles. The summed E-state index contributed by atoms with van der Waals surface area (Å²) in [5.74, 6) is 0.707. The van der Waals surface area contributed by atoms with E-state index in [9.17, 15) is 4.79 Å². The zero-order valence-electron chi connectivity index (χ0n) is 16.3. The van der Waals surface area contributed by atoms with E-state index in [2.05, 4.69) is 38.1 Å². The highest BCUT2D eigenvalue weighted by Gasteiger charge is 2.26. The number of rotatable bonds is 2. The second kappa shape index (κ2) is 7.15. The first-order chi connectivity index (χ1) is 13.0. The molecule has 1 aromatic heterocycles. The number of hydrogen-bond donors (Lipinski definition) is 0. The SMILES string of the molecule is Cc1ccc(-c2nc3ccccc3c(C(=O)N3CCCC(C)C3)c2C)cc1. The summed E-state index contributed by atoms with van der Waals surface area (Å²) in [4.78, 5) is 20.5. The molecule has 2 aromatic carbocycles. The van der Waals surface area contributed by atoms with E-state index in [1.54, 1.807) is 0 Å². The van der Waals surface area contributed by atoms with Crippen LogP contribution in [0.5, 0.6) is 0 Å². The third-order valence-corrected chi connectivity index (χ3v) is 5.62. The molecule has 0 N–H and O–H groups in total. The second-order valence-corrected chi connectivity index (χ2v) is 7.84. The summed E-state index contributed by atoms with van der Waals surface area (Å²) in [6.07, 6.45) is 2.29. The number of piperidine rings is 1. The fraction of sp³-hybridized carbons (Fsp3) is 0.333. The minimum atomic E-state index is 0.144. The lowest BCUT2D eigenvalue weighted by Gasteiger charge is -2.32. The van der Waals surface area contributed by atoms with E-state index in [0.717, 1.165) is 52.8 Å². The van der Waals surface area contributed by atoms with E-state index in [-0.39, 0.29) is 5.91 Å². The maximum absolute atomic E-state index is 13.5. The van der Waals surface area contributed by atoms with Gasteiger partial charge in [-0.05, 0) is 44.2 Å². The molecular formula is C24H26N2O. The van der Waals surface area contributed by atoms with Gasteiger partial charge in [0, 0.05) is 24.0 Å². The normalized spacial score (nSPS) is 17.3. The molecular weight excluding hydrogens is 332 g/mol. The van der Waals surface area contributed by atoms with Gasteiger partial charge < -0.3 is 4.90 Å². The number of amides is 1. The first kappa shape index (κ1) is 17.7. The van der Waals surface area contributed by atoms with Crippen LogP contribution >= 0.6 is 0 Å². The topological polar surface area (TPSA) is 33.2 Å². The molecule has 1 fully saturated rings. The van der Waals surface area contributed by atoms with E-state index < -0.39 is 0 Å². The van der Waals surface area contributed by atoms with E-state index in [0.29, 0.717) is 5.92 Å². The van der Waals surface area contributed by atoms with Gasteiger partial charge in [0.1, 0.15) is 0 Å². The number of carbonyl (C=O) groups excluding carboxylic acids is 1. The number of hydrogen-bond acceptors (Lipinski definition) is 2. The number of aromatic nitrogens is 1. The highest BCUT2D eigenvalue weighted by molar-refractivity contribution is 6.08. The third kappa shape index (κ3) is 3.34. The van der Waals surface area contributed by atoms with Gasteiger partial charge >= 0.3 is 0 Å². The standard InChI is InChI=1S/C24H26N2O/c1-16-10-12-19(13-11-16)23-18(3)22(20-8-4-5-9-21(20)25-23)24(27)26-14-6-7-17(2)15-26/h4-5,8-13,17H,6-7,14-15H2,1-3H3. The number of pyridine rings is 1. The molecule has 3 heteroatoms. The molecule has 1 unspecified atom stereocenters. The average molecular weight is 358 g/mol. The summed E-state index contributed by atoms with van der Waals surface area (Å²) in [6.45, 7) is 8.04. The highest BCUT2D eigenvalue weighted by Crippen LogP contribution is 2.31. The predicted octanol–water partition coefficient (Wildman–Crippen LogP) is 5.39. The van der Waals surface area contributed by atoms with E-state index in [1.165, 1.54) is 12.0 Å². The van der Waals surface area contributed by atoms with Gasteiger partial charge in [0.25, 0.3) is 5.91 Å². The Bertz CT molecular complexity index is 991. The maximum Gasteiger partial charge on any atom is 0.254 e. The lowest BCUT2D eigenvalue weighted by Crippen LogP contribution is -2.39. The first-order valence-electron chi connectivity index (χ1n) is 9.80. The predicted molar refractivity (Wildman–Crippen MR) is 111 cm³/mol. The number of aryl methyl sites for hydroxylation is 1. The number of para-hydroxylation sites is 1. The number of fused-ring (bicyclic) bond motifs is 1. The maximum atomic E-state index is 13.5. The molecule has 0 spiro atoms. The largest absolute Gasteiger partial charge is 0.338 e. The highest BCUT2D eigenvalue weighted by atomic mass is 16.2. The van der Waals surface area contributed by atoms with Crippen molar-refractivity contribution >= 4 is 16.8 Å². The summed E-state index contributed by atoms with van der Waals surface area (Å²) in [7, 11) is 0. The van der Waals surface area contributed by atoms with Gasteiger partial charge in [0.2, 0.25) is 0 Å². The van der Waals surface area contributed by atoms with Crippen molar-refractivity contribution in [1.82, 2.24) is 9.88 Å². The smallest absolute Gasteiger partial charge is 0.254 e. The second-order valence-electron chi connectivity index (χ2n) is 7.84. The lowest BCUT2D eigenvalue weighted by atomic mass is 9.94. The number of likely N-dealkylation sites (tertiary alicyclic amines) is 1. The van der Waals surface area contributed by atoms with Crippen molar-refractivity contribution in [3.8, 4) is 11.3 Å². The van der Waals surface area contributed by atoms with E-state index in [1.807, 2.05) is 36.1 Å². The van der Waals surface area contributed by atoms with Crippen LogP contribution in [0.15, 0.2) is 48.5 Å². The Hall–Kier alpha value is -2.68. The summed E-state index contributed by atoms with van der Waals surface area (Å²) in [6, 6.07) is 16.4. The number of nitrogens with zero attached hydrogens (tertiary/aromatic N) is 2. The average Bonchev–Trinajstić information content (AvgIpc) is 2.68. The molecule has 1 aliphatic heterocycles. The minimum absolute atomic E-state index is 0.144. The minimum Gasteiger partial charge on any atom is -0.338 e. The van der Waals surface area contributed by atoms with Crippen LogP contribution < -0.4 is 0 Å². The monoisotopic (exact) mass is 358 g/mol. The zero-order valence-corrected chi connectivity index (χ0v) is 16.3. The first-order valence-corrected chi connectivity index (χ1v) is 9.80. The fourth-order valence-corrected chi connectivity index (χ4v) is 4.11. The third-order valence-electron chi connectivity index (χ3n) is 5.62. The molecule has 3 aromatic rings. The van der Waals surface area contributed by atoms with Gasteiger partial charge in [-0.1, -0.05) is 55.0 Å². The Morgan fingerprint density at radius 2 is 1.81 bits per heavy atom. The molecule has 138 valence electrons. The Labute approximate surface area is 161 Å². The molecule has 3 nitrogen and oxygen atoms in total. The Balaban J connectivity index is 1.89. The van der Waals surface area contributed by atoms with Crippen molar-refractivity contribution in [3.63, 3.8) is 0 Å². The molecule has 2 heterocycles. The quantitative estimate of drug-likeness (QED) is 0.615. The van der Waals surface area contributed by atoms with Gasteiger partial charge in [-0.2, -0.15) is 0 Å².